The average molecular weight is 485 g/mol. The predicted octanol–water partition coefficient (Wildman–Crippen LogP) is 2.94. The Balaban J connectivity index is 2.07. The Hall–Kier alpha value is -2.04. The van der Waals surface area contributed by atoms with Crippen LogP contribution >= 0.6 is 22.6 Å². The van der Waals surface area contributed by atoms with Gasteiger partial charge in [0.1, 0.15) is 0 Å². The second-order valence-corrected chi connectivity index (χ2v) is 8.21. The van der Waals surface area contributed by atoms with E-state index in [9.17, 15) is 18.0 Å². The monoisotopic (exact) mass is 485 g/mol. The quantitative estimate of drug-likeness (QED) is 0.340. The van der Waals surface area contributed by atoms with Crippen LogP contribution in [0.4, 0.5) is 0 Å². The van der Waals surface area contributed by atoms with E-state index in [2.05, 4.69) is 27.3 Å². The Morgan fingerprint density at radius 2 is 1.73 bits per heavy atom. The first-order chi connectivity index (χ1) is 12.3. The van der Waals surface area contributed by atoms with Crippen molar-refractivity contribution in [2.45, 2.75) is 11.3 Å². The molecule has 26 heavy (non-hydrogen) atoms. The molecule has 0 aliphatic rings. The Bertz CT molecular complexity index is 936. The van der Waals surface area contributed by atoms with Crippen molar-refractivity contribution < 1.29 is 23.1 Å². The number of allylic oxidation sites excluding steroid dienone is 1. The van der Waals surface area contributed by atoms with Crippen molar-refractivity contribution in [3.8, 4) is 0 Å². The summed E-state index contributed by atoms with van der Waals surface area (Å²) in [5, 5.41) is 8.55. The Kier molecular flexibility index (Phi) is 7.06. The summed E-state index contributed by atoms with van der Waals surface area (Å²) in [6, 6.07) is 13.1. The SMILES string of the molecule is O=C(O)CCNS(=O)(=O)c1ccc(C(=O)/C=C/c2ccccc2I)cc1. The van der Waals surface area contributed by atoms with Crippen LogP contribution in [0.1, 0.15) is 22.3 Å². The molecular weight excluding hydrogens is 469 g/mol. The lowest BCUT2D eigenvalue weighted by Gasteiger charge is -2.06. The summed E-state index contributed by atoms with van der Waals surface area (Å²) in [6.07, 6.45) is 2.84. The van der Waals surface area contributed by atoms with Crippen molar-refractivity contribution >= 4 is 50.4 Å². The molecule has 0 saturated carbocycles. The third-order valence-electron chi connectivity index (χ3n) is 3.40. The fourth-order valence-electron chi connectivity index (χ4n) is 2.05. The minimum Gasteiger partial charge on any atom is -0.481 e. The standard InChI is InChI=1S/C18H16INO5S/c19-16-4-2-1-3-13(16)7-10-17(21)14-5-8-15(9-6-14)26(24,25)20-12-11-18(22)23/h1-10,20H,11-12H2,(H,22,23)/b10-7+. The molecule has 2 aromatic rings. The highest BCUT2D eigenvalue weighted by Crippen LogP contribution is 2.15. The minimum absolute atomic E-state index is 0.0268. The summed E-state index contributed by atoms with van der Waals surface area (Å²) in [5.74, 6) is -1.33. The van der Waals surface area contributed by atoms with Gasteiger partial charge < -0.3 is 5.11 Å². The van der Waals surface area contributed by atoms with E-state index in [4.69, 9.17) is 5.11 Å². The van der Waals surface area contributed by atoms with Gasteiger partial charge in [0, 0.05) is 15.7 Å². The molecule has 2 N–H and O–H groups in total. The molecule has 0 saturated heterocycles. The highest BCUT2D eigenvalue weighted by atomic mass is 127. The van der Waals surface area contributed by atoms with Gasteiger partial charge in [-0.25, -0.2) is 13.1 Å². The fraction of sp³-hybridized carbons (Fsp3) is 0.111. The molecule has 0 spiro atoms. The van der Waals surface area contributed by atoms with Gasteiger partial charge in [0.05, 0.1) is 11.3 Å². The van der Waals surface area contributed by atoms with Gasteiger partial charge >= 0.3 is 5.97 Å². The third kappa shape index (κ3) is 5.75. The molecule has 0 radical (unpaired) electrons. The van der Waals surface area contributed by atoms with Crippen LogP contribution in [-0.4, -0.2) is 31.8 Å². The zero-order chi connectivity index (χ0) is 19.2. The number of carboxylic acid groups (broad SMARTS) is 1. The van der Waals surface area contributed by atoms with Crippen molar-refractivity contribution in [2.24, 2.45) is 0 Å². The molecule has 0 unspecified atom stereocenters. The maximum Gasteiger partial charge on any atom is 0.304 e. The maximum absolute atomic E-state index is 12.2. The highest BCUT2D eigenvalue weighted by molar-refractivity contribution is 14.1. The summed E-state index contributed by atoms with van der Waals surface area (Å²) >= 11 is 2.18. The summed E-state index contributed by atoms with van der Waals surface area (Å²) in [4.78, 5) is 22.6. The van der Waals surface area contributed by atoms with Crippen molar-refractivity contribution in [3.63, 3.8) is 0 Å². The number of ketones is 1. The van der Waals surface area contributed by atoms with Crippen molar-refractivity contribution in [2.75, 3.05) is 6.54 Å². The maximum atomic E-state index is 12.2. The van der Waals surface area contributed by atoms with Gasteiger partial charge in [-0.15, -0.1) is 0 Å². The predicted molar refractivity (Wildman–Crippen MR) is 106 cm³/mol. The Labute approximate surface area is 165 Å². The first-order valence-corrected chi connectivity index (χ1v) is 10.1. The minimum atomic E-state index is -3.80. The number of nitrogens with one attached hydrogen (secondary N) is 1. The Morgan fingerprint density at radius 3 is 2.35 bits per heavy atom. The molecule has 0 fully saturated rings. The number of rotatable bonds is 8. The zero-order valence-electron chi connectivity index (χ0n) is 13.6. The molecule has 0 atom stereocenters. The first-order valence-electron chi connectivity index (χ1n) is 7.58. The van der Waals surface area contributed by atoms with Crippen LogP contribution in [-0.2, 0) is 14.8 Å². The number of benzene rings is 2. The number of hydrogen-bond donors (Lipinski definition) is 2. The topological polar surface area (TPSA) is 101 Å². The number of carbonyl (C=O) groups excluding carboxylic acids is 1. The molecule has 2 aromatic carbocycles. The summed E-state index contributed by atoms with van der Waals surface area (Å²) in [5.41, 5.74) is 1.28. The summed E-state index contributed by atoms with van der Waals surface area (Å²) in [6.45, 7) is -0.198. The van der Waals surface area contributed by atoms with Crippen LogP contribution in [0.5, 0.6) is 0 Å². The van der Waals surface area contributed by atoms with Gasteiger partial charge in [-0.05, 0) is 64.6 Å². The molecule has 0 amide bonds. The van der Waals surface area contributed by atoms with Crippen molar-refractivity contribution in [1.82, 2.24) is 4.72 Å². The van der Waals surface area contributed by atoms with Gasteiger partial charge in [0.15, 0.2) is 5.78 Å². The molecule has 0 aliphatic carbocycles. The van der Waals surface area contributed by atoms with Crippen LogP contribution in [0.3, 0.4) is 0 Å². The fourth-order valence-corrected chi connectivity index (χ4v) is 3.65. The van der Waals surface area contributed by atoms with Crippen LogP contribution < -0.4 is 4.72 Å². The van der Waals surface area contributed by atoms with Gasteiger partial charge in [0.25, 0.3) is 0 Å². The van der Waals surface area contributed by atoms with Crippen LogP contribution in [0.15, 0.2) is 59.5 Å². The van der Waals surface area contributed by atoms with Crippen molar-refractivity contribution in [3.05, 3.63) is 69.3 Å². The molecule has 0 aliphatic heterocycles. The van der Waals surface area contributed by atoms with E-state index in [1.165, 1.54) is 30.3 Å². The van der Waals surface area contributed by atoms with Crippen molar-refractivity contribution in [1.29, 1.82) is 0 Å². The smallest absolute Gasteiger partial charge is 0.304 e. The van der Waals surface area contributed by atoms with Gasteiger partial charge in [0.2, 0.25) is 10.0 Å². The van der Waals surface area contributed by atoms with Crippen LogP contribution in [0.25, 0.3) is 6.08 Å². The van der Waals surface area contributed by atoms with Crippen LogP contribution in [0.2, 0.25) is 0 Å². The van der Waals surface area contributed by atoms with Gasteiger partial charge in [-0.3, -0.25) is 9.59 Å². The molecule has 0 bridgehead atoms. The largest absolute Gasteiger partial charge is 0.481 e. The third-order valence-corrected chi connectivity index (χ3v) is 5.86. The van der Waals surface area contributed by atoms with E-state index in [1.54, 1.807) is 6.08 Å². The lowest BCUT2D eigenvalue weighted by Crippen LogP contribution is -2.26. The second-order valence-electron chi connectivity index (χ2n) is 5.28. The number of carboxylic acids is 1. The number of halogens is 1. The number of hydrogen-bond acceptors (Lipinski definition) is 4. The van der Waals surface area contributed by atoms with E-state index in [-0.39, 0.29) is 23.6 Å². The van der Waals surface area contributed by atoms with E-state index >= 15 is 0 Å². The van der Waals surface area contributed by atoms with E-state index in [1.807, 2.05) is 24.3 Å². The number of sulfonamides is 1. The second kappa shape index (κ2) is 9.06. The number of carbonyl (C=O) groups is 2. The van der Waals surface area contributed by atoms with Crippen LogP contribution in [0, 0.1) is 3.57 Å². The molecular formula is C18H16INO5S. The average Bonchev–Trinajstić information content (AvgIpc) is 2.60. The number of aliphatic carboxylic acids is 1. The Morgan fingerprint density at radius 1 is 1.08 bits per heavy atom. The lowest BCUT2D eigenvalue weighted by molar-refractivity contribution is -0.136. The van der Waals surface area contributed by atoms with Gasteiger partial charge in [-0.1, -0.05) is 24.3 Å². The first kappa shape index (κ1) is 20.3. The van der Waals surface area contributed by atoms with E-state index < -0.39 is 16.0 Å². The summed E-state index contributed by atoms with van der Waals surface area (Å²) < 4.78 is 27.3. The van der Waals surface area contributed by atoms with E-state index in [0.29, 0.717) is 5.56 Å². The summed E-state index contributed by atoms with van der Waals surface area (Å²) in [7, 11) is -3.80. The lowest BCUT2D eigenvalue weighted by atomic mass is 10.1. The molecule has 0 heterocycles. The molecule has 0 aromatic heterocycles. The molecule has 136 valence electrons. The normalized spacial score (nSPS) is 11.6. The molecule has 6 nitrogen and oxygen atoms in total. The highest BCUT2D eigenvalue weighted by Gasteiger charge is 2.14. The van der Waals surface area contributed by atoms with Gasteiger partial charge in [-0.2, -0.15) is 0 Å². The molecule has 2 rings (SSSR count). The zero-order valence-corrected chi connectivity index (χ0v) is 16.5. The van der Waals surface area contributed by atoms with E-state index in [0.717, 1.165) is 9.13 Å². The molecule has 8 heteroatoms.